The molecule has 0 spiro atoms. The molecule has 0 unspecified atom stereocenters. The van der Waals surface area contributed by atoms with Gasteiger partial charge in [-0.05, 0) is 56.0 Å². The molecule has 1 aliphatic rings. The van der Waals surface area contributed by atoms with E-state index in [1.807, 2.05) is 0 Å². The summed E-state index contributed by atoms with van der Waals surface area (Å²) in [5.41, 5.74) is 0.442. The molecule has 0 bridgehead atoms. The van der Waals surface area contributed by atoms with Gasteiger partial charge < -0.3 is 10.6 Å². The van der Waals surface area contributed by atoms with Gasteiger partial charge in [-0.2, -0.15) is 0 Å². The van der Waals surface area contributed by atoms with Crippen molar-refractivity contribution in [1.82, 2.24) is 10.6 Å². The zero-order valence-corrected chi connectivity index (χ0v) is 11.4. The van der Waals surface area contributed by atoms with E-state index in [-0.39, 0.29) is 12.5 Å². The Balaban J connectivity index is 1.71. The van der Waals surface area contributed by atoms with Crippen molar-refractivity contribution in [2.45, 2.75) is 32.2 Å². The summed E-state index contributed by atoms with van der Waals surface area (Å²) in [5.74, 6) is -0.699. The average Bonchev–Trinajstić information content (AvgIpc) is 2.43. The van der Waals surface area contributed by atoms with Crippen LogP contribution in [0.3, 0.4) is 0 Å². The first-order chi connectivity index (χ1) is 9.63. The predicted octanol–water partition coefficient (Wildman–Crippen LogP) is 2.36. The Morgan fingerprint density at radius 1 is 1.20 bits per heavy atom. The molecule has 2 N–H and O–H groups in total. The van der Waals surface area contributed by atoms with Gasteiger partial charge in [0.15, 0.2) is 0 Å². The smallest absolute Gasteiger partial charge is 0.220 e. The lowest BCUT2D eigenvalue weighted by atomic mass is 9.93. The number of piperidine rings is 1. The monoisotopic (exact) mass is 282 g/mol. The Morgan fingerprint density at radius 2 is 1.85 bits per heavy atom. The van der Waals surface area contributed by atoms with Crippen molar-refractivity contribution in [1.29, 1.82) is 0 Å². The first kappa shape index (κ1) is 14.9. The molecule has 20 heavy (non-hydrogen) atoms. The number of benzene rings is 1. The first-order valence-electron chi connectivity index (χ1n) is 7.06. The summed E-state index contributed by atoms with van der Waals surface area (Å²) < 4.78 is 26.0. The summed E-state index contributed by atoms with van der Waals surface area (Å²) in [7, 11) is 0. The van der Waals surface area contributed by atoms with Crippen molar-refractivity contribution in [2.24, 2.45) is 5.92 Å². The predicted molar refractivity (Wildman–Crippen MR) is 73.0 cm³/mol. The number of rotatable bonds is 5. The highest BCUT2D eigenvalue weighted by Crippen LogP contribution is 2.17. The molecular weight excluding hydrogens is 262 g/mol. The highest BCUT2D eigenvalue weighted by Gasteiger charge is 2.14. The maximum atomic E-state index is 13.0. The van der Waals surface area contributed by atoms with E-state index in [1.54, 1.807) is 0 Å². The maximum absolute atomic E-state index is 13.0. The fraction of sp³-hybridized carbons (Fsp3) is 0.533. The van der Waals surface area contributed by atoms with Crippen LogP contribution in [0.15, 0.2) is 18.2 Å². The van der Waals surface area contributed by atoms with E-state index < -0.39 is 11.6 Å². The van der Waals surface area contributed by atoms with Crippen LogP contribution in [0, 0.1) is 17.6 Å². The van der Waals surface area contributed by atoms with E-state index in [4.69, 9.17) is 0 Å². The molecular formula is C15H20F2N2O. The van der Waals surface area contributed by atoms with E-state index in [9.17, 15) is 13.6 Å². The second-order valence-corrected chi connectivity index (χ2v) is 5.29. The van der Waals surface area contributed by atoms with Crippen LogP contribution in [-0.2, 0) is 11.3 Å². The second-order valence-electron chi connectivity index (χ2n) is 5.29. The number of amides is 1. The Bertz CT molecular complexity index is 439. The molecule has 0 aliphatic carbocycles. The van der Waals surface area contributed by atoms with E-state index in [1.165, 1.54) is 12.1 Å². The molecule has 0 atom stereocenters. The van der Waals surface area contributed by atoms with E-state index >= 15 is 0 Å². The second kappa shape index (κ2) is 7.33. The quantitative estimate of drug-likeness (QED) is 0.870. The van der Waals surface area contributed by atoms with Gasteiger partial charge in [0, 0.05) is 19.0 Å². The molecule has 1 aromatic carbocycles. The van der Waals surface area contributed by atoms with Gasteiger partial charge in [0.2, 0.25) is 5.91 Å². The van der Waals surface area contributed by atoms with Gasteiger partial charge in [-0.1, -0.05) is 0 Å². The minimum absolute atomic E-state index is 0.0618. The largest absolute Gasteiger partial charge is 0.352 e. The number of halogens is 2. The summed E-state index contributed by atoms with van der Waals surface area (Å²) >= 11 is 0. The average molecular weight is 282 g/mol. The van der Waals surface area contributed by atoms with Crippen LogP contribution in [0.5, 0.6) is 0 Å². The zero-order chi connectivity index (χ0) is 14.4. The molecule has 2 rings (SSSR count). The third-order valence-electron chi connectivity index (χ3n) is 3.65. The van der Waals surface area contributed by atoms with Crippen LogP contribution in [0.1, 0.15) is 31.2 Å². The third-order valence-corrected chi connectivity index (χ3v) is 3.65. The van der Waals surface area contributed by atoms with Gasteiger partial charge in [0.25, 0.3) is 0 Å². The molecule has 1 fully saturated rings. The Kier molecular flexibility index (Phi) is 5.47. The van der Waals surface area contributed by atoms with Crippen molar-refractivity contribution in [3.63, 3.8) is 0 Å². The minimum atomic E-state index is -0.621. The van der Waals surface area contributed by atoms with E-state index in [0.29, 0.717) is 17.9 Å². The van der Waals surface area contributed by atoms with Gasteiger partial charge in [-0.3, -0.25) is 4.79 Å². The number of nitrogens with one attached hydrogen (secondary N) is 2. The molecule has 1 heterocycles. The van der Waals surface area contributed by atoms with E-state index in [2.05, 4.69) is 10.6 Å². The SMILES string of the molecule is O=C(CCC1CCNCC1)NCc1cc(F)cc(F)c1. The zero-order valence-electron chi connectivity index (χ0n) is 11.4. The molecule has 1 aromatic rings. The molecule has 0 saturated carbocycles. The molecule has 110 valence electrons. The molecule has 0 aromatic heterocycles. The Hall–Kier alpha value is -1.49. The fourth-order valence-corrected chi connectivity index (χ4v) is 2.51. The summed E-state index contributed by atoms with van der Waals surface area (Å²) in [5, 5.41) is 5.99. The summed E-state index contributed by atoms with van der Waals surface area (Å²) in [6, 6.07) is 3.29. The van der Waals surface area contributed by atoms with E-state index in [0.717, 1.165) is 38.4 Å². The Morgan fingerprint density at radius 3 is 2.50 bits per heavy atom. The van der Waals surface area contributed by atoms with Crippen molar-refractivity contribution >= 4 is 5.91 Å². The van der Waals surface area contributed by atoms with Crippen LogP contribution in [0.2, 0.25) is 0 Å². The van der Waals surface area contributed by atoms with Crippen molar-refractivity contribution in [2.75, 3.05) is 13.1 Å². The number of carbonyl (C=O) groups excluding carboxylic acids is 1. The minimum Gasteiger partial charge on any atom is -0.352 e. The Labute approximate surface area is 117 Å². The van der Waals surface area contributed by atoms with Crippen LogP contribution >= 0.6 is 0 Å². The fourth-order valence-electron chi connectivity index (χ4n) is 2.51. The highest BCUT2D eigenvalue weighted by molar-refractivity contribution is 5.75. The molecule has 0 radical (unpaired) electrons. The summed E-state index contributed by atoms with van der Waals surface area (Å²) in [6.45, 7) is 2.21. The van der Waals surface area contributed by atoms with Gasteiger partial charge >= 0.3 is 0 Å². The lowest BCUT2D eigenvalue weighted by Gasteiger charge is -2.22. The van der Waals surface area contributed by atoms with Crippen LogP contribution < -0.4 is 10.6 Å². The van der Waals surface area contributed by atoms with Crippen molar-refractivity contribution < 1.29 is 13.6 Å². The highest BCUT2D eigenvalue weighted by atomic mass is 19.1. The van der Waals surface area contributed by atoms with Crippen molar-refractivity contribution in [3.05, 3.63) is 35.4 Å². The van der Waals surface area contributed by atoms with Crippen LogP contribution in [0.25, 0.3) is 0 Å². The van der Waals surface area contributed by atoms with Gasteiger partial charge in [0.05, 0.1) is 0 Å². The lowest BCUT2D eigenvalue weighted by Crippen LogP contribution is -2.29. The first-order valence-corrected chi connectivity index (χ1v) is 7.06. The summed E-state index contributed by atoms with van der Waals surface area (Å²) in [4.78, 5) is 11.7. The topological polar surface area (TPSA) is 41.1 Å². The van der Waals surface area contributed by atoms with Crippen molar-refractivity contribution in [3.8, 4) is 0 Å². The molecule has 5 heteroatoms. The molecule has 3 nitrogen and oxygen atoms in total. The summed E-state index contributed by atoms with van der Waals surface area (Å²) in [6.07, 6.45) is 3.58. The molecule has 1 amide bonds. The van der Waals surface area contributed by atoms with Gasteiger partial charge in [-0.15, -0.1) is 0 Å². The molecule has 1 saturated heterocycles. The standard InChI is InChI=1S/C15H20F2N2O/c16-13-7-12(8-14(17)9-13)10-19-15(20)2-1-11-3-5-18-6-4-11/h7-9,11,18H,1-6,10H2,(H,19,20). The number of hydrogen-bond acceptors (Lipinski definition) is 2. The molecule has 1 aliphatic heterocycles. The maximum Gasteiger partial charge on any atom is 0.220 e. The van der Waals surface area contributed by atoms with Gasteiger partial charge in [0.1, 0.15) is 11.6 Å². The number of hydrogen-bond donors (Lipinski definition) is 2. The van der Waals surface area contributed by atoms with Gasteiger partial charge in [-0.25, -0.2) is 8.78 Å². The normalized spacial score (nSPS) is 16.1. The van der Waals surface area contributed by atoms with Crippen LogP contribution in [0.4, 0.5) is 8.78 Å². The third kappa shape index (κ3) is 4.89. The lowest BCUT2D eigenvalue weighted by molar-refractivity contribution is -0.121. The number of carbonyl (C=O) groups is 1. The van der Waals surface area contributed by atoms with Crippen LogP contribution in [-0.4, -0.2) is 19.0 Å².